The van der Waals surface area contributed by atoms with E-state index >= 15 is 0 Å². The molecule has 2 rings (SSSR count). The van der Waals surface area contributed by atoms with Crippen molar-refractivity contribution < 1.29 is 9.90 Å². The van der Waals surface area contributed by atoms with Crippen molar-refractivity contribution in [2.75, 3.05) is 6.54 Å². The summed E-state index contributed by atoms with van der Waals surface area (Å²) in [5, 5.41) is 9.22. The Morgan fingerprint density at radius 1 is 1.43 bits per heavy atom. The highest BCUT2D eigenvalue weighted by molar-refractivity contribution is 5.80. The lowest BCUT2D eigenvalue weighted by Crippen LogP contribution is -2.30. The smallest absolute Gasteiger partial charge is 0.311 e. The van der Waals surface area contributed by atoms with Gasteiger partial charge in [0.2, 0.25) is 0 Å². The molecule has 2 saturated carbocycles. The molecule has 80 valence electrons. The molecule has 0 aromatic carbocycles. The second-order valence-corrected chi connectivity index (χ2v) is 5.41. The van der Waals surface area contributed by atoms with Gasteiger partial charge in [-0.1, -0.05) is 13.8 Å². The Balaban J connectivity index is 2.20. The minimum absolute atomic E-state index is 0.0480. The van der Waals surface area contributed by atoms with Crippen LogP contribution in [0.4, 0.5) is 0 Å². The number of nitrogens with two attached hydrogens (primary N) is 1. The van der Waals surface area contributed by atoms with Crippen LogP contribution in [0.15, 0.2) is 0 Å². The molecule has 3 nitrogen and oxygen atoms in total. The summed E-state index contributed by atoms with van der Waals surface area (Å²) in [7, 11) is 0. The van der Waals surface area contributed by atoms with Crippen LogP contribution < -0.4 is 5.73 Å². The molecule has 2 fully saturated rings. The Kier molecular flexibility index (Phi) is 1.94. The van der Waals surface area contributed by atoms with Crippen LogP contribution in [-0.2, 0) is 4.79 Å². The topological polar surface area (TPSA) is 63.3 Å². The van der Waals surface area contributed by atoms with Gasteiger partial charge in [-0.2, -0.15) is 0 Å². The molecule has 0 aromatic heterocycles. The van der Waals surface area contributed by atoms with Crippen molar-refractivity contribution in [2.45, 2.75) is 33.1 Å². The summed E-state index contributed by atoms with van der Waals surface area (Å²) in [5.41, 5.74) is 5.10. The molecule has 3 unspecified atom stereocenters. The number of rotatable bonds is 2. The van der Waals surface area contributed by atoms with Crippen LogP contribution in [0.1, 0.15) is 33.1 Å². The fourth-order valence-electron chi connectivity index (χ4n) is 3.47. The van der Waals surface area contributed by atoms with Crippen LogP contribution in [-0.4, -0.2) is 17.6 Å². The fraction of sp³-hybridized carbons (Fsp3) is 0.909. The molecule has 0 heterocycles. The number of aliphatic carboxylic acids is 1. The summed E-state index contributed by atoms with van der Waals surface area (Å²) in [6.07, 6.45) is 2.91. The average molecular weight is 197 g/mol. The van der Waals surface area contributed by atoms with Crippen molar-refractivity contribution in [3.63, 3.8) is 0 Å². The summed E-state index contributed by atoms with van der Waals surface area (Å²) < 4.78 is 0. The molecule has 14 heavy (non-hydrogen) atoms. The van der Waals surface area contributed by atoms with E-state index in [2.05, 4.69) is 13.8 Å². The van der Waals surface area contributed by atoms with E-state index in [1.807, 2.05) is 0 Å². The van der Waals surface area contributed by atoms with E-state index in [9.17, 15) is 9.90 Å². The first kappa shape index (κ1) is 9.97. The van der Waals surface area contributed by atoms with Crippen molar-refractivity contribution in [3.8, 4) is 0 Å². The van der Waals surface area contributed by atoms with Crippen LogP contribution in [0.5, 0.6) is 0 Å². The van der Waals surface area contributed by atoms with E-state index in [1.165, 1.54) is 0 Å². The van der Waals surface area contributed by atoms with E-state index in [-0.39, 0.29) is 5.41 Å². The molecule has 0 aromatic rings. The maximum atomic E-state index is 11.2. The number of hydrogen-bond donors (Lipinski definition) is 2. The molecule has 0 bridgehead atoms. The molecule has 2 aliphatic rings. The van der Waals surface area contributed by atoms with Gasteiger partial charge in [0.05, 0.1) is 5.41 Å². The highest BCUT2D eigenvalue weighted by atomic mass is 16.4. The maximum absolute atomic E-state index is 11.2. The lowest BCUT2D eigenvalue weighted by atomic mass is 9.90. The van der Waals surface area contributed by atoms with Crippen LogP contribution in [0.3, 0.4) is 0 Å². The quantitative estimate of drug-likeness (QED) is 0.704. The second kappa shape index (κ2) is 2.72. The molecule has 0 aliphatic heterocycles. The average Bonchev–Trinajstić information content (AvgIpc) is 2.64. The lowest BCUT2D eigenvalue weighted by molar-refractivity contribution is -0.144. The standard InChI is InChI=1S/C11H19NO2/c1-7-3-10(4-8(7)2)5-11(10,6-12)9(13)14/h7-8H,3-6,12H2,1-2H3,(H,13,14). The maximum Gasteiger partial charge on any atom is 0.311 e. The molecule has 0 amide bonds. The van der Waals surface area contributed by atoms with Crippen molar-refractivity contribution >= 4 is 5.97 Å². The van der Waals surface area contributed by atoms with Gasteiger partial charge in [-0.05, 0) is 36.5 Å². The predicted octanol–water partition coefficient (Wildman–Crippen LogP) is 1.47. The molecule has 3 atom stereocenters. The Hall–Kier alpha value is -0.570. The van der Waals surface area contributed by atoms with Gasteiger partial charge in [-0.25, -0.2) is 0 Å². The second-order valence-electron chi connectivity index (χ2n) is 5.41. The third-order valence-corrected chi connectivity index (χ3v) is 4.69. The number of carbonyl (C=O) groups is 1. The van der Waals surface area contributed by atoms with Gasteiger partial charge in [-0.3, -0.25) is 4.79 Å². The Morgan fingerprint density at radius 2 is 1.93 bits per heavy atom. The van der Waals surface area contributed by atoms with Crippen LogP contribution in [0.2, 0.25) is 0 Å². The minimum Gasteiger partial charge on any atom is -0.481 e. The molecule has 1 spiro atoms. The number of hydrogen-bond acceptors (Lipinski definition) is 2. The van der Waals surface area contributed by atoms with E-state index in [0.29, 0.717) is 18.4 Å². The van der Waals surface area contributed by atoms with Gasteiger partial charge in [0.1, 0.15) is 0 Å². The van der Waals surface area contributed by atoms with E-state index < -0.39 is 11.4 Å². The van der Waals surface area contributed by atoms with Gasteiger partial charge < -0.3 is 10.8 Å². The third kappa shape index (κ3) is 0.991. The van der Waals surface area contributed by atoms with Gasteiger partial charge in [0.15, 0.2) is 0 Å². The summed E-state index contributed by atoms with van der Waals surface area (Å²) in [6.45, 7) is 4.75. The lowest BCUT2D eigenvalue weighted by Gasteiger charge is -2.16. The fourth-order valence-corrected chi connectivity index (χ4v) is 3.47. The van der Waals surface area contributed by atoms with Crippen molar-refractivity contribution in [2.24, 2.45) is 28.4 Å². The van der Waals surface area contributed by atoms with Crippen molar-refractivity contribution in [1.82, 2.24) is 0 Å². The number of carboxylic acids is 1. The normalized spacial score (nSPS) is 51.1. The number of carboxylic acid groups (broad SMARTS) is 1. The molecule has 3 N–H and O–H groups in total. The van der Waals surface area contributed by atoms with Gasteiger partial charge >= 0.3 is 5.97 Å². The highest BCUT2D eigenvalue weighted by Gasteiger charge is 2.73. The van der Waals surface area contributed by atoms with Crippen molar-refractivity contribution in [1.29, 1.82) is 0 Å². The minimum atomic E-state index is -0.679. The Bertz CT molecular complexity index is 266. The van der Waals surface area contributed by atoms with E-state index in [0.717, 1.165) is 19.3 Å². The van der Waals surface area contributed by atoms with E-state index in [1.54, 1.807) is 0 Å². The molecular formula is C11H19NO2. The Labute approximate surface area is 84.7 Å². The summed E-state index contributed by atoms with van der Waals surface area (Å²) in [5.74, 6) is 0.631. The molecule has 3 heteroatoms. The molecule has 0 saturated heterocycles. The summed E-state index contributed by atoms with van der Waals surface area (Å²) in [4.78, 5) is 11.2. The van der Waals surface area contributed by atoms with Gasteiger partial charge in [-0.15, -0.1) is 0 Å². The summed E-state index contributed by atoms with van der Waals surface area (Å²) >= 11 is 0. The molecule has 2 aliphatic carbocycles. The SMILES string of the molecule is CC1CC2(CC1C)CC2(CN)C(=O)O. The van der Waals surface area contributed by atoms with Crippen LogP contribution >= 0.6 is 0 Å². The van der Waals surface area contributed by atoms with Gasteiger partial charge in [0, 0.05) is 6.54 Å². The third-order valence-electron chi connectivity index (χ3n) is 4.69. The zero-order chi connectivity index (χ0) is 10.6. The largest absolute Gasteiger partial charge is 0.481 e. The van der Waals surface area contributed by atoms with Gasteiger partial charge in [0.25, 0.3) is 0 Å². The molecular weight excluding hydrogens is 178 g/mol. The predicted molar refractivity (Wildman–Crippen MR) is 53.7 cm³/mol. The highest BCUT2D eigenvalue weighted by Crippen LogP contribution is 2.73. The van der Waals surface area contributed by atoms with E-state index in [4.69, 9.17) is 5.73 Å². The summed E-state index contributed by atoms with van der Waals surface area (Å²) in [6, 6.07) is 0. The zero-order valence-corrected chi connectivity index (χ0v) is 8.92. The Morgan fingerprint density at radius 3 is 2.21 bits per heavy atom. The van der Waals surface area contributed by atoms with Crippen LogP contribution in [0, 0.1) is 22.7 Å². The first-order valence-electron chi connectivity index (χ1n) is 5.41. The zero-order valence-electron chi connectivity index (χ0n) is 8.92. The molecule has 0 radical (unpaired) electrons. The van der Waals surface area contributed by atoms with Crippen molar-refractivity contribution in [3.05, 3.63) is 0 Å². The van der Waals surface area contributed by atoms with Crippen LogP contribution in [0.25, 0.3) is 0 Å². The first-order valence-corrected chi connectivity index (χ1v) is 5.41. The first-order chi connectivity index (χ1) is 6.47. The monoisotopic (exact) mass is 197 g/mol.